The van der Waals surface area contributed by atoms with E-state index in [1.54, 1.807) is 6.92 Å². The third-order valence-corrected chi connectivity index (χ3v) is 2.33. The van der Waals surface area contributed by atoms with Crippen molar-refractivity contribution in [1.29, 1.82) is 0 Å². The highest BCUT2D eigenvalue weighted by molar-refractivity contribution is 7.10. The normalized spacial score (nSPS) is 9.75. The van der Waals surface area contributed by atoms with Crippen LogP contribution in [-0.4, -0.2) is 22.2 Å². The molecule has 0 fully saturated rings. The molecule has 0 aliphatic heterocycles. The first-order chi connectivity index (χ1) is 5.54. The average molecular weight is 186 g/mol. The minimum Gasteiger partial charge on any atom is -0.478 e. The van der Waals surface area contributed by atoms with Gasteiger partial charge in [-0.1, -0.05) is 0 Å². The Morgan fingerprint density at radius 1 is 1.33 bits per heavy atom. The Morgan fingerprint density at radius 3 is 2.25 bits per heavy atom. The molecule has 0 bridgehead atoms. The summed E-state index contributed by atoms with van der Waals surface area (Å²) in [5, 5.41) is 18.5. The Labute approximate surface area is 72.1 Å². The predicted octanol–water partition coefficient (Wildman–Crippen LogP) is 1.45. The lowest BCUT2D eigenvalue weighted by molar-refractivity contribution is 0.0652. The zero-order chi connectivity index (χ0) is 9.30. The number of thiophene rings is 1. The van der Waals surface area contributed by atoms with Crippen LogP contribution in [-0.2, 0) is 0 Å². The highest BCUT2D eigenvalue weighted by Crippen LogP contribution is 2.21. The van der Waals surface area contributed by atoms with Crippen LogP contribution in [0.4, 0.5) is 0 Å². The summed E-state index contributed by atoms with van der Waals surface area (Å²) in [6, 6.07) is 0. The number of hydrogen-bond donors (Lipinski definition) is 2. The van der Waals surface area contributed by atoms with Gasteiger partial charge in [0.05, 0.1) is 11.1 Å². The van der Waals surface area contributed by atoms with Crippen molar-refractivity contribution >= 4 is 23.3 Å². The van der Waals surface area contributed by atoms with E-state index in [4.69, 9.17) is 10.2 Å². The summed E-state index contributed by atoms with van der Waals surface area (Å²) in [6.45, 7) is 1.58. The van der Waals surface area contributed by atoms with Crippen molar-refractivity contribution in [2.75, 3.05) is 0 Å². The molecule has 1 aromatic heterocycles. The Morgan fingerprint density at radius 2 is 1.92 bits per heavy atom. The minimum atomic E-state index is -1.20. The van der Waals surface area contributed by atoms with Crippen molar-refractivity contribution in [3.63, 3.8) is 0 Å². The first-order valence-electron chi connectivity index (χ1n) is 3.08. The van der Waals surface area contributed by atoms with Gasteiger partial charge in [0.2, 0.25) is 0 Å². The fraction of sp³-hybridized carbons (Fsp3) is 0.143. The van der Waals surface area contributed by atoms with Crippen LogP contribution in [0.1, 0.15) is 25.6 Å². The molecule has 0 unspecified atom stereocenters. The number of hydrogen-bond acceptors (Lipinski definition) is 3. The van der Waals surface area contributed by atoms with Crippen LogP contribution >= 0.6 is 11.3 Å². The van der Waals surface area contributed by atoms with Crippen LogP contribution in [0.5, 0.6) is 0 Å². The van der Waals surface area contributed by atoms with Gasteiger partial charge in [-0.3, -0.25) is 0 Å². The number of aromatic carboxylic acids is 2. The van der Waals surface area contributed by atoms with E-state index in [1.165, 1.54) is 5.38 Å². The van der Waals surface area contributed by atoms with Crippen LogP contribution in [0.2, 0.25) is 0 Å². The molecule has 0 atom stereocenters. The smallest absolute Gasteiger partial charge is 0.337 e. The monoisotopic (exact) mass is 186 g/mol. The van der Waals surface area contributed by atoms with E-state index in [0.717, 1.165) is 11.3 Å². The fourth-order valence-corrected chi connectivity index (χ4v) is 1.71. The highest BCUT2D eigenvalue weighted by Gasteiger charge is 2.19. The Balaban J connectivity index is 3.31. The molecule has 1 heterocycles. The van der Waals surface area contributed by atoms with Crippen molar-refractivity contribution in [2.24, 2.45) is 0 Å². The van der Waals surface area contributed by atoms with Crippen molar-refractivity contribution in [1.82, 2.24) is 0 Å². The van der Waals surface area contributed by atoms with E-state index in [9.17, 15) is 9.59 Å². The summed E-state index contributed by atoms with van der Waals surface area (Å²) in [5.74, 6) is -2.39. The average Bonchev–Trinajstić information content (AvgIpc) is 2.30. The van der Waals surface area contributed by atoms with Gasteiger partial charge in [0.1, 0.15) is 0 Å². The second kappa shape index (κ2) is 2.94. The second-order valence-corrected chi connectivity index (χ2v) is 3.27. The number of aryl methyl sites for hydroxylation is 1. The van der Waals surface area contributed by atoms with Crippen molar-refractivity contribution < 1.29 is 19.8 Å². The van der Waals surface area contributed by atoms with Crippen molar-refractivity contribution in [3.8, 4) is 0 Å². The molecule has 1 rings (SSSR count). The van der Waals surface area contributed by atoms with Crippen LogP contribution in [0, 0.1) is 6.92 Å². The van der Waals surface area contributed by atoms with Gasteiger partial charge in [-0.05, 0) is 6.92 Å². The molecule has 5 heteroatoms. The summed E-state index contributed by atoms with van der Waals surface area (Å²) >= 11 is 1.13. The van der Waals surface area contributed by atoms with Crippen molar-refractivity contribution in [3.05, 3.63) is 21.4 Å². The van der Waals surface area contributed by atoms with Crippen LogP contribution in [0.3, 0.4) is 0 Å². The molecule has 0 saturated carbocycles. The van der Waals surface area contributed by atoms with Crippen LogP contribution < -0.4 is 0 Å². The molecule has 0 amide bonds. The molecule has 1 aromatic rings. The van der Waals surface area contributed by atoms with E-state index in [2.05, 4.69) is 0 Å². The first kappa shape index (κ1) is 8.73. The molecule has 0 aromatic carbocycles. The minimum absolute atomic E-state index is 0.104. The van der Waals surface area contributed by atoms with E-state index >= 15 is 0 Å². The van der Waals surface area contributed by atoms with E-state index in [1.807, 2.05) is 0 Å². The van der Waals surface area contributed by atoms with Gasteiger partial charge in [-0.25, -0.2) is 9.59 Å². The maximum atomic E-state index is 10.6. The molecule has 64 valence electrons. The maximum absolute atomic E-state index is 10.6. The summed E-state index contributed by atoms with van der Waals surface area (Å²) in [4.78, 5) is 21.5. The zero-order valence-corrected chi connectivity index (χ0v) is 7.01. The lowest BCUT2D eigenvalue weighted by atomic mass is 10.1. The maximum Gasteiger partial charge on any atom is 0.337 e. The molecular weight excluding hydrogens is 180 g/mol. The quantitative estimate of drug-likeness (QED) is 0.733. The molecule has 2 N–H and O–H groups in total. The Bertz CT molecular complexity index is 339. The summed E-state index contributed by atoms with van der Waals surface area (Å²) in [5.41, 5.74) is -0.238. The number of rotatable bonds is 2. The van der Waals surface area contributed by atoms with E-state index < -0.39 is 11.9 Å². The molecule has 4 nitrogen and oxygen atoms in total. The fourth-order valence-electron chi connectivity index (χ4n) is 0.878. The summed E-state index contributed by atoms with van der Waals surface area (Å²) in [6.07, 6.45) is 0. The molecule has 0 radical (unpaired) electrons. The van der Waals surface area contributed by atoms with Gasteiger partial charge in [0, 0.05) is 10.3 Å². The molecule has 12 heavy (non-hydrogen) atoms. The molecule has 0 aliphatic rings. The third-order valence-electron chi connectivity index (χ3n) is 1.42. The second-order valence-electron chi connectivity index (χ2n) is 2.19. The van der Waals surface area contributed by atoms with Gasteiger partial charge in [-0.2, -0.15) is 0 Å². The largest absolute Gasteiger partial charge is 0.478 e. The predicted molar refractivity (Wildman–Crippen MR) is 43.0 cm³/mol. The lowest BCUT2D eigenvalue weighted by Crippen LogP contribution is -2.05. The van der Waals surface area contributed by atoms with Gasteiger partial charge >= 0.3 is 11.9 Å². The number of carboxylic acid groups (broad SMARTS) is 2. The van der Waals surface area contributed by atoms with Crippen LogP contribution in [0.25, 0.3) is 0 Å². The first-order valence-corrected chi connectivity index (χ1v) is 3.96. The summed E-state index contributed by atoms with van der Waals surface area (Å²) < 4.78 is 0. The van der Waals surface area contributed by atoms with Gasteiger partial charge in [-0.15, -0.1) is 11.3 Å². The zero-order valence-electron chi connectivity index (χ0n) is 6.20. The van der Waals surface area contributed by atoms with Gasteiger partial charge in [0.25, 0.3) is 0 Å². The van der Waals surface area contributed by atoms with Crippen LogP contribution in [0.15, 0.2) is 5.38 Å². The Hall–Kier alpha value is -1.36. The van der Waals surface area contributed by atoms with E-state index in [-0.39, 0.29) is 11.1 Å². The van der Waals surface area contributed by atoms with Crippen molar-refractivity contribution in [2.45, 2.75) is 6.92 Å². The topological polar surface area (TPSA) is 74.6 Å². The van der Waals surface area contributed by atoms with Gasteiger partial charge in [0.15, 0.2) is 0 Å². The molecular formula is C7H6O4S. The lowest BCUT2D eigenvalue weighted by Gasteiger charge is -1.93. The number of carboxylic acids is 2. The standard InChI is InChI=1S/C7H6O4S/c1-3-5(7(10)11)4(2-12-3)6(8)9/h2H,1H3,(H,8,9)(H,10,11). The highest BCUT2D eigenvalue weighted by atomic mass is 32.1. The van der Waals surface area contributed by atoms with Gasteiger partial charge < -0.3 is 10.2 Å². The Kier molecular flexibility index (Phi) is 2.14. The molecule has 0 aliphatic carbocycles. The van der Waals surface area contributed by atoms with E-state index in [0.29, 0.717) is 4.88 Å². The third kappa shape index (κ3) is 1.31. The molecule has 0 saturated heterocycles. The molecule has 0 spiro atoms. The summed E-state index contributed by atoms with van der Waals surface area (Å²) in [7, 11) is 0. The SMILES string of the molecule is Cc1scc(C(=O)O)c1C(=O)O. The number of carbonyl (C=O) groups is 2.